The van der Waals surface area contributed by atoms with Crippen LogP contribution in [-0.2, 0) is 0 Å². The fourth-order valence-electron chi connectivity index (χ4n) is 3.95. The summed E-state index contributed by atoms with van der Waals surface area (Å²) >= 11 is 0. The van der Waals surface area contributed by atoms with E-state index in [9.17, 15) is 0 Å². The zero-order valence-corrected chi connectivity index (χ0v) is 12.2. The lowest BCUT2D eigenvalue weighted by Crippen LogP contribution is -2.26. The number of hydrogen-bond acceptors (Lipinski definition) is 3. The first-order valence-electron chi connectivity index (χ1n) is 7.69. The van der Waals surface area contributed by atoms with Crippen LogP contribution in [0.3, 0.4) is 0 Å². The van der Waals surface area contributed by atoms with Crippen LogP contribution in [0, 0.1) is 25.7 Å². The molecule has 0 saturated heterocycles. The smallest absolute Gasteiger partial charge is 0.145 e. The van der Waals surface area contributed by atoms with Crippen molar-refractivity contribution in [3.63, 3.8) is 0 Å². The molecule has 0 amide bonds. The van der Waals surface area contributed by atoms with Gasteiger partial charge in [0, 0.05) is 6.04 Å². The summed E-state index contributed by atoms with van der Waals surface area (Å²) in [6.07, 6.45) is 7.45. The van der Waals surface area contributed by atoms with Crippen LogP contribution in [0.25, 0.3) is 11.0 Å². The third-order valence-corrected chi connectivity index (χ3v) is 5.23. The largest absolute Gasteiger partial charge is 0.366 e. The van der Waals surface area contributed by atoms with E-state index in [0.717, 1.165) is 28.7 Å². The van der Waals surface area contributed by atoms with Crippen molar-refractivity contribution in [1.82, 2.24) is 9.97 Å². The molecule has 1 N–H and O–H groups in total. The molecule has 4 rings (SSSR count). The Hall–Kier alpha value is -1.64. The van der Waals surface area contributed by atoms with Crippen LogP contribution in [0.1, 0.15) is 36.8 Å². The summed E-state index contributed by atoms with van der Waals surface area (Å²) in [6.45, 7) is 4.25. The Morgan fingerprint density at radius 1 is 1.05 bits per heavy atom. The lowest BCUT2D eigenvalue weighted by atomic mass is 9.95. The number of benzene rings is 1. The first-order chi connectivity index (χ1) is 9.69. The van der Waals surface area contributed by atoms with Crippen LogP contribution in [0.5, 0.6) is 0 Å². The van der Waals surface area contributed by atoms with Gasteiger partial charge < -0.3 is 5.32 Å². The van der Waals surface area contributed by atoms with Gasteiger partial charge >= 0.3 is 0 Å². The molecule has 2 saturated carbocycles. The van der Waals surface area contributed by atoms with Gasteiger partial charge in [-0.2, -0.15) is 0 Å². The molecule has 2 aromatic rings. The lowest BCUT2D eigenvalue weighted by molar-refractivity contribution is 0.439. The van der Waals surface area contributed by atoms with Gasteiger partial charge in [0.25, 0.3) is 0 Å². The van der Waals surface area contributed by atoms with Gasteiger partial charge in [0.1, 0.15) is 5.82 Å². The summed E-state index contributed by atoms with van der Waals surface area (Å²) in [6, 6.07) is 4.88. The van der Waals surface area contributed by atoms with Crippen molar-refractivity contribution in [3.8, 4) is 0 Å². The molecular formula is C17H21N3. The van der Waals surface area contributed by atoms with Crippen molar-refractivity contribution >= 4 is 16.9 Å². The highest BCUT2D eigenvalue weighted by atomic mass is 15.0. The quantitative estimate of drug-likeness (QED) is 0.898. The second-order valence-corrected chi connectivity index (χ2v) is 6.61. The average Bonchev–Trinajstić information content (AvgIpc) is 3.03. The van der Waals surface area contributed by atoms with E-state index >= 15 is 0 Å². The van der Waals surface area contributed by atoms with Crippen molar-refractivity contribution in [3.05, 3.63) is 29.5 Å². The minimum Gasteiger partial charge on any atom is -0.366 e. The summed E-state index contributed by atoms with van der Waals surface area (Å²) in [4.78, 5) is 9.31. The highest BCUT2D eigenvalue weighted by molar-refractivity contribution is 5.77. The van der Waals surface area contributed by atoms with Gasteiger partial charge in [-0.25, -0.2) is 4.98 Å². The van der Waals surface area contributed by atoms with E-state index < -0.39 is 0 Å². The molecule has 1 heterocycles. The third kappa shape index (κ3) is 1.96. The van der Waals surface area contributed by atoms with Crippen molar-refractivity contribution in [1.29, 1.82) is 0 Å². The Morgan fingerprint density at radius 3 is 2.55 bits per heavy atom. The molecule has 2 fully saturated rings. The molecule has 3 unspecified atom stereocenters. The van der Waals surface area contributed by atoms with Crippen molar-refractivity contribution in [2.24, 2.45) is 11.8 Å². The normalized spacial score (nSPS) is 28.2. The Bertz CT molecular complexity index is 665. The van der Waals surface area contributed by atoms with Crippen molar-refractivity contribution in [2.75, 3.05) is 5.32 Å². The van der Waals surface area contributed by atoms with Gasteiger partial charge in [0.15, 0.2) is 0 Å². The Kier molecular flexibility index (Phi) is 2.69. The highest BCUT2D eigenvalue weighted by Crippen LogP contribution is 2.45. The fraction of sp³-hybridized carbons (Fsp3) is 0.529. The van der Waals surface area contributed by atoms with Gasteiger partial charge in [-0.05, 0) is 68.2 Å². The van der Waals surface area contributed by atoms with E-state index in [1.54, 1.807) is 0 Å². The maximum absolute atomic E-state index is 4.75. The molecule has 2 aliphatic rings. The highest BCUT2D eigenvalue weighted by Gasteiger charge is 2.39. The van der Waals surface area contributed by atoms with Gasteiger partial charge in [-0.1, -0.05) is 6.42 Å². The molecule has 104 valence electrons. The molecule has 1 aromatic carbocycles. The zero-order chi connectivity index (χ0) is 13.7. The van der Waals surface area contributed by atoms with Gasteiger partial charge in [0.05, 0.1) is 17.2 Å². The van der Waals surface area contributed by atoms with E-state index in [-0.39, 0.29) is 0 Å². The summed E-state index contributed by atoms with van der Waals surface area (Å²) < 4.78 is 0. The van der Waals surface area contributed by atoms with Gasteiger partial charge in [-0.3, -0.25) is 4.98 Å². The zero-order valence-electron chi connectivity index (χ0n) is 12.2. The maximum atomic E-state index is 4.75. The van der Waals surface area contributed by atoms with Crippen LogP contribution >= 0.6 is 0 Å². The second-order valence-electron chi connectivity index (χ2n) is 6.61. The van der Waals surface area contributed by atoms with Crippen LogP contribution in [0.4, 0.5) is 5.82 Å². The van der Waals surface area contributed by atoms with Crippen molar-refractivity contribution in [2.45, 2.75) is 45.6 Å². The topological polar surface area (TPSA) is 37.8 Å². The molecule has 0 aliphatic heterocycles. The molecule has 3 heteroatoms. The third-order valence-electron chi connectivity index (χ3n) is 5.23. The average molecular weight is 267 g/mol. The number of anilines is 1. The molecule has 20 heavy (non-hydrogen) atoms. The molecule has 2 bridgehead atoms. The number of nitrogens with one attached hydrogen (secondary N) is 1. The van der Waals surface area contributed by atoms with Crippen LogP contribution in [0.15, 0.2) is 18.3 Å². The number of hydrogen-bond donors (Lipinski definition) is 1. The number of fused-ring (bicyclic) bond motifs is 3. The Morgan fingerprint density at radius 2 is 1.85 bits per heavy atom. The maximum Gasteiger partial charge on any atom is 0.145 e. The number of rotatable bonds is 2. The summed E-state index contributed by atoms with van der Waals surface area (Å²) in [7, 11) is 0. The molecule has 2 aliphatic carbocycles. The minimum absolute atomic E-state index is 0.618. The van der Waals surface area contributed by atoms with Gasteiger partial charge in [-0.15, -0.1) is 0 Å². The standard InChI is InChI=1S/C17H21N3/c1-10-5-15-16(6-11(10)2)20-17(9-18-15)19-14-8-12-3-4-13(14)7-12/h5-6,9,12-14H,3-4,7-8H2,1-2H3,(H,19,20). The molecule has 0 spiro atoms. The number of aryl methyl sites for hydroxylation is 2. The monoisotopic (exact) mass is 267 g/mol. The fourth-order valence-corrected chi connectivity index (χ4v) is 3.95. The number of aromatic nitrogens is 2. The first kappa shape index (κ1) is 12.1. The van der Waals surface area contributed by atoms with Crippen LogP contribution < -0.4 is 5.32 Å². The summed E-state index contributed by atoms with van der Waals surface area (Å²) in [5.74, 6) is 2.76. The Labute approximate surface area is 119 Å². The van der Waals surface area contributed by atoms with Crippen molar-refractivity contribution < 1.29 is 0 Å². The molecule has 1 aromatic heterocycles. The van der Waals surface area contributed by atoms with Crippen LogP contribution in [-0.4, -0.2) is 16.0 Å². The SMILES string of the molecule is Cc1cc2ncc(NC3CC4CCC3C4)nc2cc1C. The van der Waals surface area contributed by atoms with Crippen LogP contribution in [0.2, 0.25) is 0 Å². The molecule has 3 atom stereocenters. The first-order valence-corrected chi connectivity index (χ1v) is 7.69. The van der Waals surface area contributed by atoms with E-state index in [0.29, 0.717) is 6.04 Å². The molecular weight excluding hydrogens is 246 g/mol. The minimum atomic E-state index is 0.618. The van der Waals surface area contributed by atoms with E-state index in [1.165, 1.54) is 36.8 Å². The number of nitrogens with zero attached hydrogens (tertiary/aromatic N) is 2. The summed E-state index contributed by atoms with van der Waals surface area (Å²) in [5, 5.41) is 3.62. The molecule has 0 radical (unpaired) electrons. The lowest BCUT2D eigenvalue weighted by Gasteiger charge is -2.23. The summed E-state index contributed by atoms with van der Waals surface area (Å²) in [5.41, 5.74) is 4.55. The predicted octanol–water partition coefficient (Wildman–Crippen LogP) is 3.85. The van der Waals surface area contributed by atoms with E-state index in [2.05, 4.69) is 36.3 Å². The van der Waals surface area contributed by atoms with E-state index in [1.807, 2.05) is 6.20 Å². The van der Waals surface area contributed by atoms with Gasteiger partial charge in [0.2, 0.25) is 0 Å². The Balaban J connectivity index is 1.62. The predicted molar refractivity (Wildman–Crippen MR) is 81.9 cm³/mol. The van der Waals surface area contributed by atoms with E-state index in [4.69, 9.17) is 4.98 Å². The molecule has 3 nitrogen and oxygen atoms in total. The second kappa shape index (κ2) is 4.44.